The highest BCUT2D eigenvalue weighted by Crippen LogP contribution is 2.30. The van der Waals surface area contributed by atoms with Crippen LogP contribution in [0.4, 0.5) is 24.5 Å². The van der Waals surface area contributed by atoms with Crippen LogP contribution in [0.5, 0.6) is 0 Å². The third-order valence-corrected chi connectivity index (χ3v) is 3.01. The number of halogens is 3. The monoisotopic (exact) mass is 275 g/mol. The van der Waals surface area contributed by atoms with Crippen molar-refractivity contribution in [1.82, 2.24) is 5.32 Å². The normalized spacial score (nSPS) is 20.4. The summed E-state index contributed by atoms with van der Waals surface area (Å²) in [5, 5.41) is 13.2. The first-order valence-electron chi connectivity index (χ1n) is 5.68. The maximum atomic E-state index is 12.9. The summed E-state index contributed by atoms with van der Waals surface area (Å²) in [6.45, 7) is 0.478. The van der Waals surface area contributed by atoms with Crippen molar-refractivity contribution in [1.29, 1.82) is 0 Å². The van der Waals surface area contributed by atoms with Gasteiger partial charge in [-0.1, -0.05) is 0 Å². The molecule has 0 bridgehead atoms. The number of benzene rings is 1. The first-order valence-corrected chi connectivity index (χ1v) is 5.68. The van der Waals surface area contributed by atoms with Crippen LogP contribution in [0, 0.1) is 10.1 Å². The fourth-order valence-corrected chi connectivity index (χ4v) is 2.07. The Labute approximate surface area is 107 Å². The van der Waals surface area contributed by atoms with Crippen molar-refractivity contribution in [3.8, 4) is 0 Å². The van der Waals surface area contributed by atoms with Gasteiger partial charge in [0.25, 0.3) is 5.69 Å². The summed E-state index contributed by atoms with van der Waals surface area (Å²) in [6, 6.07) is 3.52. The van der Waals surface area contributed by atoms with Crippen LogP contribution < -0.4 is 10.2 Å². The summed E-state index contributed by atoms with van der Waals surface area (Å²) in [7, 11) is 0. The number of nitro groups is 1. The number of nitrogens with one attached hydrogen (secondary N) is 1. The molecular weight excluding hydrogens is 263 g/mol. The van der Waals surface area contributed by atoms with Crippen molar-refractivity contribution >= 4 is 11.4 Å². The Hall–Kier alpha value is -1.83. The van der Waals surface area contributed by atoms with Crippen LogP contribution in [-0.4, -0.2) is 36.8 Å². The lowest BCUT2D eigenvalue weighted by Gasteiger charge is -2.38. The molecule has 0 aromatic heterocycles. The van der Waals surface area contributed by atoms with Crippen LogP contribution in [0.1, 0.15) is 0 Å². The summed E-state index contributed by atoms with van der Waals surface area (Å²) in [4.78, 5) is 11.2. The SMILES string of the molecule is O=[N+]([O-])c1ccc(N2CCNCC2C(F)(F)F)cc1. The Morgan fingerprint density at radius 1 is 1.32 bits per heavy atom. The molecule has 5 nitrogen and oxygen atoms in total. The average molecular weight is 275 g/mol. The Balaban J connectivity index is 2.25. The quantitative estimate of drug-likeness (QED) is 0.662. The molecule has 1 saturated heterocycles. The number of nitro benzene ring substituents is 1. The lowest BCUT2D eigenvalue weighted by atomic mass is 10.1. The van der Waals surface area contributed by atoms with Crippen molar-refractivity contribution in [2.45, 2.75) is 12.2 Å². The molecule has 2 rings (SSSR count). The molecule has 1 aliphatic rings. The molecule has 1 aliphatic heterocycles. The van der Waals surface area contributed by atoms with Crippen molar-refractivity contribution in [3.63, 3.8) is 0 Å². The maximum Gasteiger partial charge on any atom is 0.409 e. The molecule has 1 aromatic rings. The van der Waals surface area contributed by atoms with Crippen molar-refractivity contribution < 1.29 is 18.1 Å². The van der Waals surface area contributed by atoms with Gasteiger partial charge in [-0.3, -0.25) is 10.1 Å². The zero-order valence-electron chi connectivity index (χ0n) is 9.85. The van der Waals surface area contributed by atoms with Crippen molar-refractivity contribution in [2.24, 2.45) is 0 Å². The molecule has 1 aromatic carbocycles. The van der Waals surface area contributed by atoms with E-state index >= 15 is 0 Å². The molecule has 1 fully saturated rings. The van der Waals surface area contributed by atoms with Gasteiger partial charge in [0.15, 0.2) is 0 Å². The average Bonchev–Trinajstić information content (AvgIpc) is 2.38. The van der Waals surface area contributed by atoms with Gasteiger partial charge >= 0.3 is 6.18 Å². The number of nitrogens with zero attached hydrogens (tertiary/aromatic N) is 2. The molecule has 0 amide bonds. The zero-order valence-corrected chi connectivity index (χ0v) is 9.85. The van der Waals surface area contributed by atoms with E-state index in [0.717, 1.165) is 0 Å². The fourth-order valence-electron chi connectivity index (χ4n) is 2.07. The second-order valence-corrected chi connectivity index (χ2v) is 4.23. The number of rotatable bonds is 2. The van der Waals surface area contributed by atoms with E-state index in [1.165, 1.54) is 29.2 Å². The lowest BCUT2D eigenvalue weighted by molar-refractivity contribution is -0.384. The van der Waals surface area contributed by atoms with Crippen LogP contribution in [0.15, 0.2) is 24.3 Å². The van der Waals surface area contributed by atoms with E-state index in [1.807, 2.05) is 0 Å². The molecule has 0 saturated carbocycles. The smallest absolute Gasteiger partial charge is 0.357 e. The first-order chi connectivity index (χ1) is 8.89. The predicted molar refractivity (Wildman–Crippen MR) is 63.2 cm³/mol. The molecule has 1 unspecified atom stereocenters. The third kappa shape index (κ3) is 2.95. The van der Waals surface area contributed by atoms with E-state index in [0.29, 0.717) is 12.2 Å². The Morgan fingerprint density at radius 2 is 1.95 bits per heavy atom. The van der Waals surface area contributed by atoms with E-state index in [-0.39, 0.29) is 18.8 Å². The van der Waals surface area contributed by atoms with Gasteiger partial charge in [-0.15, -0.1) is 0 Å². The highest BCUT2D eigenvalue weighted by Gasteiger charge is 2.44. The standard InChI is InChI=1S/C11H12F3N3O2/c12-11(13,14)10-7-15-5-6-16(10)8-1-3-9(4-2-8)17(18)19/h1-4,10,15H,5-7H2. The van der Waals surface area contributed by atoms with Gasteiger partial charge in [0.2, 0.25) is 0 Å². The predicted octanol–water partition coefficient (Wildman–Crippen LogP) is 1.94. The summed E-state index contributed by atoms with van der Waals surface area (Å²) in [5.41, 5.74) is 0.205. The van der Waals surface area contributed by atoms with Gasteiger partial charge in [-0.25, -0.2) is 0 Å². The van der Waals surface area contributed by atoms with Crippen molar-refractivity contribution in [3.05, 3.63) is 34.4 Å². The minimum atomic E-state index is -4.34. The number of piperazine rings is 1. The largest absolute Gasteiger partial charge is 0.409 e. The number of hydrogen-bond donors (Lipinski definition) is 1. The molecule has 0 radical (unpaired) electrons. The van der Waals surface area contributed by atoms with Gasteiger partial charge in [0.1, 0.15) is 6.04 Å². The summed E-state index contributed by atoms with van der Waals surface area (Å²) >= 11 is 0. The molecule has 104 valence electrons. The van der Waals surface area contributed by atoms with Gasteiger partial charge in [0.05, 0.1) is 4.92 Å². The second-order valence-electron chi connectivity index (χ2n) is 4.23. The molecule has 0 spiro atoms. The highest BCUT2D eigenvalue weighted by atomic mass is 19.4. The molecule has 19 heavy (non-hydrogen) atoms. The Bertz CT molecular complexity index is 461. The molecule has 1 atom stereocenters. The molecule has 8 heteroatoms. The minimum Gasteiger partial charge on any atom is -0.357 e. The van der Waals surface area contributed by atoms with E-state index in [4.69, 9.17) is 0 Å². The topological polar surface area (TPSA) is 58.4 Å². The highest BCUT2D eigenvalue weighted by molar-refractivity contribution is 5.52. The molecule has 1 heterocycles. The Morgan fingerprint density at radius 3 is 2.47 bits per heavy atom. The van der Waals surface area contributed by atoms with Crippen LogP contribution >= 0.6 is 0 Å². The Kier molecular flexibility index (Phi) is 3.61. The first kappa shape index (κ1) is 13.6. The summed E-state index contributed by atoms with van der Waals surface area (Å²) in [6.07, 6.45) is -4.34. The number of anilines is 1. The van der Waals surface area contributed by atoms with E-state index in [9.17, 15) is 23.3 Å². The molecular formula is C11H12F3N3O2. The second kappa shape index (κ2) is 5.04. The summed E-state index contributed by atoms with van der Waals surface area (Å²) in [5.74, 6) is 0. The van der Waals surface area contributed by atoms with Gasteiger partial charge in [-0.05, 0) is 12.1 Å². The zero-order chi connectivity index (χ0) is 14.0. The van der Waals surface area contributed by atoms with E-state index in [2.05, 4.69) is 5.32 Å². The third-order valence-electron chi connectivity index (χ3n) is 3.01. The lowest BCUT2D eigenvalue weighted by Crippen LogP contribution is -2.58. The maximum absolute atomic E-state index is 12.9. The number of hydrogen-bond acceptors (Lipinski definition) is 4. The van der Waals surface area contributed by atoms with Gasteiger partial charge in [0, 0.05) is 37.5 Å². The van der Waals surface area contributed by atoms with Crippen LogP contribution in [0.3, 0.4) is 0 Å². The van der Waals surface area contributed by atoms with Crippen LogP contribution in [0.2, 0.25) is 0 Å². The van der Waals surface area contributed by atoms with Crippen LogP contribution in [0.25, 0.3) is 0 Å². The van der Waals surface area contributed by atoms with Crippen LogP contribution in [-0.2, 0) is 0 Å². The molecule has 1 N–H and O–H groups in total. The van der Waals surface area contributed by atoms with E-state index < -0.39 is 17.1 Å². The summed E-state index contributed by atoms with van der Waals surface area (Å²) < 4.78 is 38.7. The van der Waals surface area contributed by atoms with Crippen molar-refractivity contribution in [2.75, 3.05) is 24.5 Å². The minimum absolute atomic E-state index is 0.137. The van der Waals surface area contributed by atoms with E-state index in [1.54, 1.807) is 0 Å². The fraction of sp³-hybridized carbons (Fsp3) is 0.455. The number of non-ortho nitro benzene ring substituents is 1. The molecule has 0 aliphatic carbocycles. The number of alkyl halides is 3. The van der Waals surface area contributed by atoms with Gasteiger partial charge in [-0.2, -0.15) is 13.2 Å². The van der Waals surface area contributed by atoms with Gasteiger partial charge < -0.3 is 10.2 Å².